The third-order valence-electron chi connectivity index (χ3n) is 3.41. The maximum atomic E-state index is 12.0. The number of para-hydroxylation sites is 1. The number of carbonyl (C=O) groups is 1. The van der Waals surface area contributed by atoms with Crippen LogP contribution in [0, 0.1) is 13.8 Å². The van der Waals surface area contributed by atoms with Gasteiger partial charge in [-0.1, -0.05) is 31.2 Å². The second kappa shape index (κ2) is 6.24. The molecule has 2 amide bonds. The molecule has 0 heterocycles. The van der Waals surface area contributed by atoms with Crippen LogP contribution in [-0.2, 0) is 6.42 Å². The molecule has 0 aromatic heterocycles. The Labute approximate surface area is 120 Å². The number of carbonyl (C=O) groups excluding carboxylic acids is 1. The summed E-state index contributed by atoms with van der Waals surface area (Å²) in [4.78, 5) is 12.0. The monoisotopic (exact) mass is 268 g/mol. The first-order chi connectivity index (χ1) is 9.60. The lowest BCUT2D eigenvalue weighted by Gasteiger charge is -2.11. The van der Waals surface area contributed by atoms with Gasteiger partial charge in [0.15, 0.2) is 0 Å². The van der Waals surface area contributed by atoms with Crippen molar-refractivity contribution < 1.29 is 4.79 Å². The van der Waals surface area contributed by atoms with E-state index >= 15 is 0 Å². The highest BCUT2D eigenvalue weighted by Gasteiger charge is 2.06. The quantitative estimate of drug-likeness (QED) is 0.844. The highest BCUT2D eigenvalue weighted by atomic mass is 16.2. The molecule has 0 unspecified atom stereocenters. The molecule has 3 nitrogen and oxygen atoms in total. The van der Waals surface area contributed by atoms with Crippen LogP contribution >= 0.6 is 0 Å². The average molecular weight is 268 g/mol. The van der Waals surface area contributed by atoms with Gasteiger partial charge in [-0.3, -0.25) is 0 Å². The molecule has 2 aromatic rings. The standard InChI is InChI=1S/C17H20N2O/c1-4-14-7-5-6-8-16(14)19-17(20)18-15-10-9-12(2)13(3)11-15/h5-11H,4H2,1-3H3,(H2,18,19,20). The Balaban J connectivity index is 2.07. The molecule has 2 N–H and O–H groups in total. The van der Waals surface area contributed by atoms with Crippen molar-refractivity contribution in [3.63, 3.8) is 0 Å². The van der Waals surface area contributed by atoms with Crippen molar-refractivity contribution in [3.05, 3.63) is 59.2 Å². The van der Waals surface area contributed by atoms with Gasteiger partial charge in [-0.05, 0) is 55.2 Å². The maximum Gasteiger partial charge on any atom is 0.323 e. The largest absolute Gasteiger partial charge is 0.323 e. The number of anilines is 2. The summed E-state index contributed by atoms with van der Waals surface area (Å²) in [6, 6.07) is 13.5. The van der Waals surface area contributed by atoms with Gasteiger partial charge in [0.25, 0.3) is 0 Å². The van der Waals surface area contributed by atoms with Gasteiger partial charge in [0.1, 0.15) is 0 Å². The molecule has 0 atom stereocenters. The molecule has 20 heavy (non-hydrogen) atoms. The fourth-order valence-electron chi connectivity index (χ4n) is 2.05. The molecular formula is C17H20N2O. The van der Waals surface area contributed by atoms with E-state index in [0.29, 0.717) is 0 Å². The Hall–Kier alpha value is -2.29. The SMILES string of the molecule is CCc1ccccc1NC(=O)Nc1ccc(C)c(C)c1. The molecule has 2 aromatic carbocycles. The molecule has 0 fully saturated rings. The van der Waals surface area contributed by atoms with Gasteiger partial charge in [-0.25, -0.2) is 4.79 Å². The van der Waals surface area contributed by atoms with Crippen molar-refractivity contribution in [2.75, 3.05) is 10.6 Å². The van der Waals surface area contributed by atoms with Crippen LogP contribution in [0.4, 0.5) is 16.2 Å². The fourth-order valence-corrected chi connectivity index (χ4v) is 2.05. The molecule has 0 saturated carbocycles. The predicted octanol–water partition coefficient (Wildman–Crippen LogP) is 4.51. The smallest absolute Gasteiger partial charge is 0.308 e. The third kappa shape index (κ3) is 3.38. The molecule has 0 radical (unpaired) electrons. The van der Waals surface area contributed by atoms with Crippen molar-refractivity contribution in [1.29, 1.82) is 0 Å². The molecule has 0 saturated heterocycles. The summed E-state index contributed by atoms with van der Waals surface area (Å²) in [6.45, 7) is 6.16. The third-order valence-corrected chi connectivity index (χ3v) is 3.41. The Bertz CT molecular complexity index is 620. The first kappa shape index (κ1) is 14.1. The van der Waals surface area contributed by atoms with Crippen molar-refractivity contribution in [1.82, 2.24) is 0 Å². The van der Waals surface area contributed by atoms with Crippen LogP contribution in [0.25, 0.3) is 0 Å². The second-order valence-corrected chi connectivity index (χ2v) is 4.89. The van der Waals surface area contributed by atoms with Gasteiger partial charge in [-0.15, -0.1) is 0 Å². The zero-order valence-corrected chi connectivity index (χ0v) is 12.2. The van der Waals surface area contributed by atoms with E-state index in [2.05, 4.69) is 24.5 Å². The lowest BCUT2D eigenvalue weighted by Crippen LogP contribution is -2.20. The van der Waals surface area contributed by atoms with E-state index in [-0.39, 0.29) is 6.03 Å². The van der Waals surface area contributed by atoms with E-state index in [9.17, 15) is 4.79 Å². The number of rotatable bonds is 3. The Morgan fingerprint density at radius 1 is 1.00 bits per heavy atom. The summed E-state index contributed by atoms with van der Waals surface area (Å²) >= 11 is 0. The van der Waals surface area contributed by atoms with Crippen molar-refractivity contribution in [2.45, 2.75) is 27.2 Å². The molecule has 0 aliphatic rings. The van der Waals surface area contributed by atoms with Crippen LogP contribution < -0.4 is 10.6 Å². The predicted molar refractivity (Wildman–Crippen MR) is 84.4 cm³/mol. The van der Waals surface area contributed by atoms with E-state index in [0.717, 1.165) is 28.9 Å². The topological polar surface area (TPSA) is 41.1 Å². The van der Waals surface area contributed by atoms with E-state index < -0.39 is 0 Å². The van der Waals surface area contributed by atoms with Gasteiger partial charge >= 0.3 is 6.03 Å². The number of amides is 2. The number of hydrogen-bond donors (Lipinski definition) is 2. The fraction of sp³-hybridized carbons (Fsp3) is 0.235. The number of hydrogen-bond acceptors (Lipinski definition) is 1. The van der Waals surface area contributed by atoms with E-state index in [1.165, 1.54) is 5.56 Å². The molecular weight excluding hydrogens is 248 g/mol. The highest BCUT2D eigenvalue weighted by molar-refractivity contribution is 6.00. The lowest BCUT2D eigenvalue weighted by atomic mass is 10.1. The highest BCUT2D eigenvalue weighted by Crippen LogP contribution is 2.17. The summed E-state index contributed by atoms with van der Waals surface area (Å²) in [5.41, 5.74) is 5.17. The second-order valence-electron chi connectivity index (χ2n) is 4.89. The maximum absolute atomic E-state index is 12.0. The zero-order valence-electron chi connectivity index (χ0n) is 12.2. The van der Waals surface area contributed by atoms with Crippen LogP contribution in [0.1, 0.15) is 23.6 Å². The Morgan fingerprint density at radius 2 is 1.75 bits per heavy atom. The summed E-state index contributed by atoms with van der Waals surface area (Å²) < 4.78 is 0. The number of benzene rings is 2. The molecule has 2 rings (SSSR count). The van der Waals surface area contributed by atoms with Crippen molar-refractivity contribution in [2.24, 2.45) is 0 Å². The average Bonchev–Trinajstić information content (AvgIpc) is 2.43. The van der Waals surface area contributed by atoms with Crippen LogP contribution in [-0.4, -0.2) is 6.03 Å². The number of urea groups is 1. The summed E-state index contributed by atoms with van der Waals surface area (Å²) in [5, 5.41) is 5.75. The van der Waals surface area contributed by atoms with Crippen LogP contribution in [0.5, 0.6) is 0 Å². The van der Waals surface area contributed by atoms with Crippen LogP contribution in [0.2, 0.25) is 0 Å². The molecule has 104 valence electrons. The minimum Gasteiger partial charge on any atom is -0.308 e. The van der Waals surface area contributed by atoms with E-state index in [4.69, 9.17) is 0 Å². The first-order valence-electron chi connectivity index (χ1n) is 6.83. The Morgan fingerprint density at radius 3 is 2.45 bits per heavy atom. The molecule has 0 spiro atoms. The number of aryl methyl sites for hydroxylation is 3. The Kier molecular flexibility index (Phi) is 4.41. The van der Waals surface area contributed by atoms with Gasteiger partial charge in [0, 0.05) is 11.4 Å². The van der Waals surface area contributed by atoms with Gasteiger partial charge in [0.2, 0.25) is 0 Å². The van der Waals surface area contributed by atoms with Crippen molar-refractivity contribution >= 4 is 17.4 Å². The van der Waals surface area contributed by atoms with Crippen LogP contribution in [0.15, 0.2) is 42.5 Å². The summed E-state index contributed by atoms with van der Waals surface area (Å²) in [6.07, 6.45) is 0.889. The van der Waals surface area contributed by atoms with Crippen LogP contribution in [0.3, 0.4) is 0 Å². The van der Waals surface area contributed by atoms with E-state index in [1.807, 2.05) is 49.4 Å². The normalized spacial score (nSPS) is 10.2. The van der Waals surface area contributed by atoms with Gasteiger partial charge in [0.05, 0.1) is 0 Å². The lowest BCUT2D eigenvalue weighted by molar-refractivity contribution is 0.262. The van der Waals surface area contributed by atoms with Gasteiger partial charge in [-0.2, -0.15) is 0 Å². The van der Waals surface area contributed by atoms with Crippen molar-refractivity contribution in [3.8, 4) is 0 Å². The zero-order chi connectivity index (χ0) is 14.5. The molecule has 0 aliphatic carbocycles. The number of nitrogens with one attached hydrogen (secondary N) is 2. The minimum absolute atomic E-state index is 0.214. The minimum atomic E-state index is -0.214. The van der Waals surface area contributed by atoms with Gasteiger partial charge < -0.3 is 10.6 Å². The molecule has 0 bridgehead atoms. The summed E-state index contributed by atoms with van der Waals surface area (Å²) in [5.74, 6) is 0. The van der Waals surface area contributed by atoms with E-state index in [1.54, 1.807) is 0 Å². The first-order valence-corrected chi connectivity index (χ1v) is 6.83. The summed E-state index contributed by atoms with van der Waals surface area (Å²) in [7, 11) is 0. The molecule has 3 heteroatoms. The molecule has 0 aliphatic heterocycles.